The van der Waals surface area contributed by atoms with Gasteiger partial charge < -0.3 is 14.7 Å². The Morgan fingerprint density at radius 3 is 1.86 bits per heavy atom. The van der Waals surface area contributed by atoms with Crippen LogP contribution in [0.2, 0.25) is 0 Å². The van der Waals surface area contributed by atoms with Gasteiger partial charge in [-0.1, -0.05) is 24.3 Å². The zero-order chi connectivity index (χ0) is 26.0. The molecule has 1 aliphatic rings. The molecule has 198 valence electrons. The number of nitrogens with zero attached hydrogens (tertiary/aromatic N) is 2. The highest BCUT2D eigenvalue weighted by molar-refractivity contribution is 7.94. The van der Waals surface area contributed by atoms with E-state index >= 15 is 0 Å². The first-order valence-corrected chi connectivity index (χ1v) is 13.4. The van der Waals surface area contributed by atoms with Gasteiger partial charge in [-0.05, 0) is 79.0 Å². The second-order valence-corrected chi connectivity index (χ2v) is 10.1. The predicted octanol–water partition coefficient (Wildman–Crippen LogP) is 5.91. The lowest BCUT2D eigenvalue weighted by molar-refractivity contribution is 0.0457. The van der Waals surface area contributed by atoms with Crippen molar-refractivity contribution in [1.29, 1.82) is 0 Å². The van der Waals surface area contributed by atoms with E-state index in [9.17, 15) is 17.8 Å². The number of hydrogen-bond acceptors (Lipinski definition) is 5. The molecule has 0 bridgehead atoms. The average molecular weight is 531 g/mol. The zero-order valence-corrected chi connectivity index (χ0v) is 21.6. The van der Waals surface area contributed by atoms with Crippen molar-refractivity contribution in [3.8, 4) is 5.75 Å². The third-order valence-electron chi connectivity index (χ3n) is 6.80. The fourth-order valence-corrected chi connectivity index (χ4v) is 5.00. The maximum absolute atomic E-state index is 13.5. The number of aliphatic hydroxyl groups excluding tert-OH is 1. The first-order chi connectivity index (χ1) is 18.0. The van der Waals surface area contributed by atoms with E-state index < -0.39 is 6.10 Å². The SMILES string of the molecule is OC(COc1ccc(SF)cc1)CN1CCN(CCCC(c2ccc(F)cc2)c2ccc(F)cc2)CC1. The van der Waals surface area contributed by atoms with Crippen LogP contribution in [0.3, 0.4) is 0 Å². The van der Waals surface area contributed by atoms with E-state index in [0.717, 1.165) is 56.7 Å². The van der Waals surface area contributed by atoms with Gasteiger partial charge in [0.1, 0.15) is 30.1 Å². The fraction of sp³-hybridized carbons (Fsp3) is 0.379. The summed E-state index contributed by atoms with van der Waals surface area (Å²) in [6, 6.07) is 19.9. The minimum Gasteiger partial charge on any atom is -0.491 e. The second kappa shape index (κ2) is 13.9. The number of rotatable bonds is 12. The molecule has 0 saturated carbocycles. The van der Waals surface area contributed by atoms with E-state index in [2.05, 4.69) is 9.80 Å². The number of aliphatic hydroxyl groups is 1. The van der Waals surface area contributed by atoms with Crippen molar-refractivity contribution in [1.82, 2.24) is 9.80 Å². The summed E-state index contributed by atoms with van der Waals surface area (Å²) in [6.45, 7) is 5.28. The van der Waals surface area contributed by atoms with E-state index in [1.807, 2.05) is 24.3 Å². The molecule has 1 fully saturated rings. The molecule has 37 heavy (non-hydrogen) atoms. The summed E-state index contributed by atoms with van der Waals surface area (Å²) in [7, 11) is 0. The Morgan fingerprint density at radius 2 is 1.32 bits per heavy atom. The minimum atomic E-state index is -0.603. The molecular formula is C29H33F3N2O2S. The van der Waals surface area contributed by atoms with E-state index in [4.69, 9.17) is 4.74 Å². The highest BCUT2D eigenvalue weighted by Gasteiger charge is 2.21. The van der Waals surface area contributed by atoms with Crippen LogP contribution in [-0.4, -0.2) is 66.9 Å². The normalized spacial score (nSPS) is 15.7. The highest BCUT2D eigenvalue weighted by Crippen LogP contribution is 2.30. The number of benzene rings is 3. The van der Waals surface area contributed by atoms with Crippen molar-refractivity contribution in [3.05, 3.63) is 95.6 Å². The molecular weight excluding hydrogens is 497 g/mol. The van der Waals surface area contributed by atoms with Gasteiger partial charge in [-0.15, -0.1) is 0 Å². The van der Waals surface area contributed by atoms with Gasteiger partial charge in [0.05, 0.1) is 12.1 Å². The third kappa shape index (κ3) is 8.50. The first-order valence-electron chi connectivity index (χ1n) is 12.7. The smallest absolute Gasteiger partial charge is 0.123 e. The molecule has 4 rings (SSSR count). The number of halogens is 3. The Hall–Kier alpha value is -2.52. The molecule has 0 amide bonds. The zero-order valence-electron chi connectivity index (χ0n) is 20.7. The van der Waals surface area contributed by atoms with Gasteiger partial charge in [0.25, 0.3) is 0 Å². The van der Waals surface area contributed by atoms with Crippen LogP contribution in [0.1, 0.15) is 29.9 Å². The van der Waals surface area contributed by atoms with Crippen LogP contribution >= 0.6 is 12.1 Å². The van der Waals surface area contributed by atoms with Gasteiger partial charge in [-0.25, -0.2) is 8.78 Å². The molecule has 3 aromatic rings. The van der Waals surface area contributed by atoms with Crippen LogP contribution in [-0.2, 0) is 0 Å². The van der Waals surface area contributed by atoms with Crippen molar-refractivity contribution in [2.45, 2.75) is 29.8 Å². The molecule has 0 spiro atoms. The number of β-amino-alcohol motifs (C(OH)–C–C–N with tert-alkyl or cyclic N) is 1. The summed E-state index contributed by atoms with van der Waals surface area (Å²) in [6.07, 6.45) is 1.25. The van der Waals surface area contributed by atoms with Gasteiger partial charge in [-0.3, -0.25) is 4.90 Å². The molecule has 0 radical (unpaired) electrons. The quantitative estimate of drug-likeness (QED) is 0.315. The molecule has 8 heteroatoms. The summed E-state index contributed by atoms with van der Waals surface area (Å²) in [5.74, 6) is 0.177. The molecule has 0 aliphatic carbocycles. The maximum Gasteiger partial charge on any atom is 0.123 e. The van der Waals surface area contributed by atoms with Crippen LogP contribution in [0.25, 0.3) is 0 Å². The molecule has 1 saturated heterocycles. The number of hydrogen-bond donors (Lipinski definition) is 1. The topological polar surface area (TPSA) is 35.9 Å². The molecule has 1 aliphatic heterocycles. The van der Waals surface area contributed by atoms with E-state index in [-0.39, 0.29) is 36.3 Å². The van der Waals surface area contributed by atoms with Crippen molar-refractivity contribution >= 4 is 12.1 Å². The second-order valence-electron chi connectivity index (χ2n) is 9.45. The lowest BCUT2D eigenvalue weighted by Crippen LogP contribution is -2.49. The summed E-state index contributed by atoms with van der Waals surface area (Å²) in [5.41, 5.74) is 2.07. The van der Waals surface area contributed by atoms with Gasteiger partial charge in [0, 0.05) is 43.5 Å². The Labute approximate surface area is 221 Å². The molecule has 1 heterocycles. The first kappa shape index (κ1) is 27.5. The van der Waals surface area contributed by atoms with Crippen LogP contribution in [0.15, 0.2) is 77.7 Å². The van der Waals surface area contributed by atoms with Crippen LogP contribution in [0.4, 0.5) is 12.7 Å². The van der Waals surface area contributed by atoms with Crippen molar-refractivity contribution in [3.63, 3.8) is 0 Å². The van der Waals surface area contributed by atoms with Crippen molar-refractivity contribution < 1.29 is 22.5 Å². The van der Waals surface area contributed by atoms with Gasteiger partial charge in [0.2, 0.25) is 0 Å². The fourth-order valence-electron chi connectivity index (χ4n) is 4.76. The van der Waals surface area contributed by atoms with Crippen LogP contribution < -0.4 is 4.74 Å². The van der Waals surface area contributed by atoms with Crippen molar-refractivity contribution in [2.24, 2.45) is 0 Å². The largest absolute Gasteiger partial charge is 0.491 e. The van der Waals surface area contributed by atoms with Gasteiger partial charge in [-0.2, -0.15) is 3.89 Å². The highest BCUT2D eigenvalue weighted by atomic mass is 32.2. The molecule has 1 unspecified atom stereocenters. The summed E-state index contributed by atoms with van der Waals surface area (Å²) in [5, 5.41) is 10.4. The van der Waals surface area contributed by atoms with Crippen molar-refractivity contribution in [2.75, 3.05) is 45.9 Å². The lowest BCUT2D eigenvalue weighted by Gasteiger charge is -2.35. The molecule has 1 atom stereocenters. The lowest BCUT2D eigenvalue weighted by atomic mass is 9.87. The van der Waals surface area contributed by atoms with Crippen LogP contribution in [0.5, 0.6) is 5.75 Å². The molecule has 4 nitrogen and oxygen atoms in total. The van der Waals surface area contributed by atoms with E-state index in [1.165, 1.54) is 24.3 Å². The minimum absolute atomic E-state index is 0.0876. The third-order valence-corrected chi connectivity index (χ3v) is 7.25. The monoisotopic (exact) mass is 530 g/mol. The molecule has 1 N–H and O–H groups in total. The molecule has 3 aromatic carbocycles. The Kier molecular flexibility index (Phi) is 10.3. The summed E-state index contributed by atoms with van der Waals surface area (Å²) in [4.78, 5) is 5.19. The number of ether oxygens (including phenoxy) is 1. The van der Waals surface area contributed by atoms with Gasteiger partial charge in [0.15, 0.2) is 0 Å². The Morgan fingerprint density at radius 1 is 0.784 bits per heavy atom. The maximum atomic E-state index is 13.5. The van der Waals surface area contributed by atoms with Crippen LogP contribution in [0, 0.1) is 11.6 Å². The average Bonchev–Trinajstić information content (AvgIpc) is 2.92. The Bertz CT molecular complexity index is 1030. The summed E-state index contributed by atoms with van der Waals surface area (Å²) < 4.78 is 45.1. The standard InChI is InChI=1S/C29H33F3N2O2S/c30-24-7-3-22(4-8-24)29(23-5-9-25(31)10-6-23)2-1-15-33-16-18-34(19-17-33)20-26(35)21-36-27-11-13-28(37-32)14-12-27/h3-14,26,29,35H,1-2,15-21H2. The molecule has 0 aromatic heterocycles. The van der Waals surface area contributed by atoms with E-state index in [1.54, 1.807) is 24.3 Å². The predicted molar refractivity (Wildman–Crippen MR) is 142 cm³/mol. The van der Waals surface area contributed by atoms with Gasteiger partial charge >= 0.3 is 0 Å². The van der Waals surface area contributed by atoms with E-state index in [0.29, 0.717) is 17.2 Å². The number of piperazine rings is 1. The summed E-state index contributed by atoms with van der Waals surface area (Å²) >= 11 is 0.190. The Balaban J connectivity index is 1.19.